The van der Waals surface area contributed by atoms with Crippen LogP contribution in [0.3, 0.4) is 0 Å². The van der Waals surface area contributed by atoms with E-state index in [-0.39, 0.29) is 40.1 Å². The first-order valence-electron chi connectivity index (χ1n) is 20.4. The number of carbonyl (C=O) groups excluding carboxylic acids is 2. The molecular formula is C45H63N3O3. The highest BCUT2D eigenvalue weighted by Crippen LogP contribution is 2.81. The summed E-state index contributed by atoms with van der Waals surface area (Å²) in [5.41, 5.74) is 1.84. The second-order valence-electron chi connectivity index (χ2n) is 19.4. The molecule has 276 valence electrons. The fourth-order valence-electron chi connectivity index (χ4n) is 14.2. The number of imidazole rings is 1. The average molecular weight is 694 g/mol. The Hall–Kier alpha value is -2.89. The Kier molecular flexibility index (Phi) is 8.32. The number of rotatable bonds is 6. The van der Waals surface area contributed by atoms with Crippen LogP contribution in [-0.2, 0) is 19.9 Å². The minimum Gasteiger partial charge on any atom is -0.463 e. The molecule has 0 bridgehead atoms. The maximum absolute atomic E-state index is 15.7. The van der Waals surface area contributed by atoms with Gasteiger partial charge in [0, 0.05) is 6.92 Å². The number of fused-ring (bicyclic) bond motifs is 7. The molecule has 1 amide bonds. The number of aromatic nitrogens is 2. The Morgan fingerprint density at radius 2 is 1.47 bits per heavy atom. The third-order valence-electron chi connectivity index (χ3n) is 17.6. The molecule has 10 atom stereocenters. The maximum Gasteiger partial charge on any atom is 0.302 e. The summed E-state index contributed by atoms with van der Waals surface area (Å²) < 4.78 is 5.73. The van der Waals surface area contributed by atoms with Crippen LogP contribution in [0.1, 0.15) is 131 Å². The number of amides is 1. The van der Waals surface area contributed by atoms with Crippen molar-refractivity contribution >= 4 is 11.9 Å². The number of nitrogens with zero attached hydrogens (tertiary/aromatic N) is 1. The molecule has 8 rings (SSSR count). The number of nitrogens with one attached hydrogen (secondary N) is 2. The lowest BCUT2D eigenvalue weighted by Crippen LogP contribution is -2.63. The van der Waals surface area contributed by atoms with Crippen LogP contribution < -0.4 is 5.32 Å². The van der Waals surface area contributed by atoms with Gasteiger partial charge in [0.1, 0.15) is 11.9 Å². The second kappa shape index (κ2) is 12.1. The summed E-state index contributed by atoms with van der Waals surface area (Å²) in [6.07, 6.45) is 15.3. The molecule has 6 fully saturated rings. The van der Waals surface area contributed by atoms with Gasteiger partial charge in [0.25, 0.3) is 0 Å². The molecule has 10 unspecified atom stereocenters. The summed E-state index contributed by atoms with van der Waals surface area (Å²) in [7, 11) is 0. The van der Waals surface area contributed by atoms with Gasteiger partial charge in [-0.1, -0.05) is 77.1 Å². The Morgan fingerprint density at radius 1 is 0.824 bits per heavy atom. The number of hydrogen-bond acceptors (Lipinski definition) is 4. The fraction of sp³-hybridized carbons (Fsp3) is 0.711. The van der Waals surface area contributed by atoms with Crippen molar-refractivity contribution in [3.8, 4) is 11.3 Å². The van der Waals surface area contributed by atoms with E-state index in [1.54, 1.807) is 6.92 Å². The van der Waals surface area contributed by atoms with Gasteiger partial charge in [-0.3, -0.25) is 9.59 Å². The standard InChI is InChI=1S/C45H63N3O3/c1-27(2)43(8)38-36-20-19-33-32-18-16-31(51-28(3)49)25-30(32)15-17-34(33)35(36)21-24-45(38,42(6,7)41(43,4)5)40(50)48-44(22-12-23-44)39-46-26-37(47-39)29-13-10-9-11-14-29/h9-11,13-14,26,30-36,38H,1,12,15-25H2,2-8H3,(H,46,47)(H,48,50). The van der Waals surface area contributed by atoms with Crippen LogP contribution in [0, 0.1) is 63.1 Å². The van der Waals surface area contributed by atoms with Crippen LogP contribution in [0.5, 0.6) is 0 Å². The monoisotopic (exact) mass is 693 g/mol. The van der Waals surface area contributed by atoms with Crippen LogP contribution in [0.2, 0.25) is 0 Å². The highest BCUT2D eigenvalue weighted by Gasteiger charge is 2.79. The SMILES string of the molecule is C=C(C)C1(C)C2C3CCC4C5CCC(OC(C)=O)CC5CCC4C3CCC2(C(=O)NC2(c3ncc(-c4ccccc4)[nH]3)CCC2)C(C)(C)C1(C)C. The summed E-state index contributed by atoms with van der Waals surface area (Å²) in [6, 6.07) is 10.4. The van der Waals surface area contributed by atoms with Crippen LogP contribution in [0.15, 0.2) is 48.7 Å². The lowest BCUT2D eigenvalue weighted by atomic mass is 9.43. The fourth-order valence-corrected chi connectivity index (χ4v) is 14.2. The van der Waals surface area contributed by atoms with Gasteiger partial charge < -0.3 is 15.0 Å². The summed E-state index contributed by atoms with van der Waals surface area (Å²) >= 11 is 0. The van der Waals surface area contributed by atoms with Crippen LogP contribution in [-0.4, -0.2) is 27.9 Å². The number of esters is 1. The zero-order valence-electron chi connectivity index (χ0n) is 32.4. The largest absolute Gasteiger partial charge is 0.463 e. The van der Waals surface area contributed by atoms with Crippen LogP contribution in [0.25, 0.3) is 11.3 Å². The predicted molar refractivity (Wildman–Crippen MR) is 202 cm³/mol. The van der Waals surface area contributed by atoms with Gasteiger partial charge in [0.15, 0.2) is 0 Å². The summed E-state index contributed by atoms with van der Waals surface area (Å²) in [5, 5.41) is 3.82. The predicted octanol–water partition coefficient (Wildman–Crippen LogP) is 10.0. The van der Waals surface area contributed by atoms with Gasteiger partial charge in [0.05, 0.1) is 22.8 Å². The summed E-state index contributed by atoms with van der Waals surface area (Å²) in [6.45, 7) is 20.8. The van der Waals surface area contributed by atoms with E-state index < -0.39 is 11.0 Å². The molecule has 6 saturated carbocycles. The maximum atomic E-state index is 15.7. The van der Waals surface area contributed by atoms with Crippen molar-refractivity contribution in [2.45, 2.75) is 137 Å². The Morgan fingerprint density at radius 3 is 2.14 bits per heavy atom. The molecule has 1 aromatic carbocycles. The highest BCUT2D eigenvalue weighted by molar-refractivity contribution is 5.86. The van der Waals surface area contributed by atoms with Gasteiger partial charge in [-0.05, 0) is 147 Å². The number of hydrogen-bond donors (Lipinski definition) is 2. The number of H-pyrrole nitrogens is 1. The van der Waals surface area contributed by atoms with Crippen molar-refractivity contribution in [3.63, 3.8) is 0 Å². The second-order valence-corrected chi connectivity index (χ2v) is 19.4. The van der Waals surface area contributed by atoms with Gasteiger partial charge in [-0.15, -0.1) is 0 Å². The van der Waals surface area contributed by atoms with Crippen molar-refractivity contribution in [1.82, 2.24) is 15.3 Å². The lowest BCUT2D eigenvalue weighted by molar-refractivity contribution is -0.165. The first-order valence-corrected chi connectivity index (χ1v) is 20.4. The minimum atomic E-state index is -0.505. The number of benzene rings is 1. The van der Waals surface area contributed by atoms with E-state index in [9.17, 15) is 4.79 Å². The van der Waals surface area contributed by atoms with E-state index in [0.29, 0.717) is 17.8 Å². The molecule has 0 spiro atoms. The molecule has 0 radical (unpaired) electrons. The van der Waals surface area contributed by atoms with Crippen molar-refractivity contribution < 1.29 is 14.3 Å². The molecule has 6 aliphatic carbocycles. The van der Waals surface area contributed by atoms with Crippen molar-refractivity contribution in [2.75, 3.05) is 0 Å². The van der Waals surface area contributed by atoms with Crippen molar-refractivity contribution in [1.29, 1.82) is 0 Å². The molecular weight excluding hydrogens is 631 g/mol. The third kappa shape index (κ3) is 4.81. The molecule has 2 N–H and O–H groups in total. The van der Waals surface area contributed by atoms with E-state index in [1.165, 1.54) is 37.7 Å². The summed E-state index contributed by atoms with van der Waals surface area (Å²) in [4.78, 5) is 36.1. The average Bonchev–Trinajstić information content (AvgIpc) is 3.62. The third-order valence-corrected chi connectivity index (χ3v) is 17.6. The Balaban J connectivity index is 1.13. The van der Waals surface area contributed by atoms with Gasteiger partial charge in [0.2, 0.25) is 5.91 Å². The number of aromatic amines is 1. The van der Waals surface area contributed by atoms with Gasteiger partial charge in [-0.25, -0.2) is 4.98 Å². The zero-order chi connectivity index (χ0) is 36.1. The van der Waals surface area contributed by atoms with E-state index in [4.69, 9.17) is 16.3 Å². The molecule has 0 saturated heterocycles. The summed E-state index contributed by atoms with van der Waals surface area (Å²) in [5.74, 6) is 5.36. The van der Waals surface area contributed by atoms with Crippen molar-refractivity contribution in [3.05, 3.63) is 54.5 Å². The number of allylic oxidation sites excluding steroid dienone is 1. The van der Waals surface area contributed by atoms with Crippen LogP contribution in [0.4, 0.5) is 0 Å². The normalized spacial score (nSPS) is 40.0. The molecule has 6 aliphatic rings. The molecule has 6 heteroatoms. The quantitative estimate of drug-likeness (QED) is 0.233. The number of carbonyl (C=O) groups is 2. The first kappa shape index (κ1) is 35.2. The smallest absolute Gasteiger partial charge is 0.302 e. The topological polar surface area (TPSA) is 84.1 Å². The molecule has 6 nitrogen and oxygen atoms in total. The molecule has 1 aromatic heterocycles. The molecule has 0 aliphatic heterocycles. The molecule has 2 aromatic rings. The van der Waals surface area contributed by atoms with Gasteiger partial charge in [-0.2, -0.15) is 0 Å². The van der Waals surface area contributed by atoms with E-state index in [1.807, 2.05) is 12.3 Å². The van der Waals surface area contributed by atoms with Crippen LogP contribution >= 0.6 is 0 Å². The van der Waals surface area contributed by atoms with E-state index in [2.05, 4.69) is 76.1 Å². The van der Waals surface area contributed by atoms with E-state index >= 15 is 4.79 Å². The minimum absolute atomic E-state index is 0.106. The van der Waals surface area contributed by atoms with Crippen molar-refractivity contribution in [2.24, 2.45) is 63.1 Å². The zero-order valence-corrected chi connectivity index (χ0v) is 32.4. The first-order chi connectivity index (χ1) is 24.2. The molecule has 51 heavy (non-hydrogen) atoms. The molecule has 1 heterocycles. The highest BCUT2D eigenvalue weighted by atomic mass is 16.5. The van der Waals surface area contributed by atoms with Gasteiger partial charge >= 0.3 is 5.97 Å². The Labute approximate surface area is 306 Å². The van der Waals surface area contributed by atoms with E-state index in [0.717, 1.165) is 79.8 Å². The number of ether oxygens (including phenoxy) is 1. The Bertz CT molecular complexity index is 1690. The lowest BCUT2D eigenvalue weighted by Gasteiger charge is -2.61.